The number of aromatic amines is 1. The zero-order valence-corrected chi connectivity index (χ0v) is 24.3. The molecule has 2 aliphatic rings. The van der Waals surface area contributed by atoms with Crippen molar-refractivity contribution < 1.29 is 31.9 Å². The molecule has 1 fully saturated rings. The molecule has 3 atom stereocenters. The van der Waals surface area contributed by atoms with Gasteiger partial charge in [0.05, 0.1) is 21.5 Å². The number of imide groups is 1. The van der Waals surface area contributed by atoms with Crippen LogP contribution in [0.25, 0.3) is 0 Å². The Morgan fingerprint density at radius 1 is 1.00 bits per heavy atom. The number of sulfonamides is 1. The number of nitrogens with two attached hydrogens (primary N) is 1. The van der Waals surface area contributed by atoms with Crippen molar-refractivity contribution in [2.24, 2.45) is 11.1 Å². The van der Waals surface area contributed by atoms with Crippen molar-refractivity contribution in [2.75, 3.05) is 16.8 Å². The molecule has 0 bridgehead atoms. The third-order valence-corrected chi connectivity index (χ3v) is 10.3. The number of hydrogen-bond acceptors (Lipinski definition) is 9. The fourth-order valence-corrected chi connectivity index (χ4v) is 8.16. The summed E-state index contributed by atoms with van der Waals surface area (Å²) in [7, 11) is -3.89. The lowest BCUT2D eigenvalue weighted by Gasteiger charge is -2.30. The van der Waals surface area contributed by atoms with Gasteiger partial charge < -0.3 is 15.0 Å². The van der Waals surface area contributed by atoms with E-state index in [1.54, 1.807) is 24.3 Å². The predicted octanol–water partition coefficient (Wildman–Crippen LogP) is 3.04. The average Bonchev–Trinajstić information content (AvgIpc) is 3.46. The second-order valence-electron chi connectivity index (χ2n) is 9.68. The number of nitrogens with one attached hydrogen (secondary N) is 2. The highest BCUT2D eigenvalue weighted by molar-refractivity contribution is 8.00. The maximum absolute atomic E-state index is 13.9. The van der Waals surface area contributed by atoms with Crippen LogP contribution in [0.15, 0.2) is 87.5 Å². The molecule has 0 radical (unpaired) electrons. The number of thioether (sulfide) groups is 1. The number of H-pyrrole nitrogens is 1. The van der Waals surface area contributed by atoms with Gasteiger partial charge in [-0.25, -0.2) is 22.8 Å². The largest absolute Gasteiger partial charge is 0.483 e. The van der Waals surface area contributed by atoms with E-state index in [2.05, 4.69) is 10.3 Å². The van der Waals surface area contributed by atoms with Gasteiger partial charge in [-0.3, -0.25) is 19.2 Å². The Bertz CT molecular complexity index is 1920. The van der Waals surface area contributed by atoms with E-state index in [-0.39, 0.29) is 21.2 Å². The molecule has 1 saturated heterocycles. The summed E-state index contributed by atoms with van der Waals surface area (Å²) >= 11 is 2.04. The predicted molar refractivity (Wildman–Crippen MR) is 157 cm³/mol. The zero-order chi connectivity index (χ0) is 30.5. The molecule has 3 heterocycles. The minimum atomic E-state index is -3.89. The molecule has 0 unspecified atom stereocenters. The topological polar surface area (TPSA) is 169 Å². The van der Waals surface area contributed by atoms with Crippen molar-refractivity contribution >= 4 is 62.2 Å². The second-order valence-corrected chi connectivity index (χ2v) is 13.4. The summed E-state index contributed by atoms with van der Waals surface area (Å²) in [4.78, 5) is 56.4. The van der Waals surface area contributed by atoms with Gasteiger partial charge in [-0.15, -0.1) is 0 Å². The minimum Gasteiger partial charge on any atom is -0.483 e. The van der Waals surface area contributed by atoms with Crippen LogP contribution in [-0.4, -0.2) is 43.0 Å². The highest BCUT2D eigenvalue weighted by Gasteiger charge is 2.56. The van der Waals surface area contributed by atoms with Crippen molar-refractivity contribution in [3.8, 4) is 5.75 Å². The number of nitrogens with zero attached hydrogens (tertiary/aromatic N) is 1. The van der Waals surface area contributed by atoms with Crippen LogP contribution in [0.4, 0.5) is 15.8 Å². The molecule has 11 nitrogen and oxygen atoms in total. The van der Waals surface area contributed by atoms with Gasteiger partial charge in [0.15, 0.2) is 6.61 Å². The van der Waals surface area contributed by atoms with Crippen molar-refractivity contribution in [3.63, 3.8) is 0 Å². The van der Waals surface area contributed by atoms with Crippen molar-refractivity contribution in [1.82, 2.24) is 4.98 Å². The maximum atomic E-state index is 13.9. The van der Waals surface area contributed by atoms with Gasteiger partial charge in [0.25, 0.3) is 5.91 Å². The lowest BCUT2D eigenvalue weighted by atomic mass is 9.82. The first-order valence-electron chi connectivity index (χ1n) is 12.7. The van der Waals surface area contributed by atoms with Crippen LogP contribution in [0.1, 0.15) is 16.4 Å². The summed E-state index contributed by atoms with van der Waals surface area (Å²) in [6.45, 7) is -0.436. The highest BCUT2D eigenvalue weighted by atomic mass is 32.2. The maximum Gasteiger partial charge on any atom is 0.305 e. The average molecular weight is 641 g/mol. The van der Waals surface area contributed by atoms with Crippen molar-refractivity contribution in [2.45, 2.75) is 21.1 Å². The summed E-state index contributed by atoms with van der Waals surface area (Å²) in [5.41, 5.74) is 1.06. The van der Waals surface area contributed by atoms with Crippen molar-refractivity contribution in [3.05, 3.63) is 98.7 Å². The molecule has 4 aromatic rings. The quantitative estimate of drug-likeness (QED) is 0.259. The Labute approximate surface area is 251 Å². The molecular formula is C28H21FN4O7S3. The SMILES string of the molecule is NS(=O)(=O)c1ccc(NC(=O)COc2ccccc2[C@@H]2c3sc(=O)[nH]c3S[C@H]3C(=O)N(c4ccc(F)cc4)C(=O)[C@@H]23)cc1. The Balaban J connectivity index is 1.29. The van der Waals surface area contributed by atoms with E-state index >= 15 is 0 Å². The lowest BCUT2D eigenvalue weighted by molar-refractivity contribution is -0.122. The third-order valence-electron chi connectivity index (χ3n) is 6.99. The van der Waals surface area contributed by atoms with E-state index in [1.807, 2.05) is 0 Å². The second kappa shape index (κ2) is 11.1. The molecule has 0 spiro atoms. The number of carbonyl (C=O) groups excluding carboxylic acids is 3. The molecule has 0 aliphatic carbocycles. The first-order chi connectivity index (χ1) is 20.5. The van der Waals surface area contributed by atoms with Gasteiger partial charge in [-0.05, 0) is 54.6 Å². The fourth-order valence-electron chi connectivity index (χ4n) is 5.13. The summed E-state index contributed by atoms with van der Waals surface area (Å²) in [6.07, 6.45) is 0. The molecule has 1 aromatic heterocycles. The first kappa shape index (κ1) is 28.8. The van der Waals surface area contributed by atoms with E-state index in [4.69, 9.17) is 9.88 Å². The summed E-state index contributed by atoms with van der Waals surface area (Å²) in [5.74, 6) is -3.43. The van der Waals surface area contributed by atoms with Gasteiger partial charge in [0.1, 0.15) is 16.8 Å². The molecule has 0 saturated carbocycles. The van der Waals surface area contributed by atoms with Gasteiger partial charge in [-0.2, -0.15) is 0 Å². The minimum absolute atomic E-state index is 0.107. The number of benzene rings is 3. The Hall–Kier alpha value is -4.31. The molecule has 2 aliphatic heterocycles. The number of rotatable bonds is 7. The summed E-state index contributed by atoms with van der Waals surface area (Å²) in [6, 6.07) is 17.1. The van der Waals surface area contributed by atoms with Crippen molar-refractivity contribution in [1.29, 1.82) is 0 Å². The number of para-hydroxylation sites is 1. The van der Waals surface area contributed by atoms with Crippen LogP contribution in [0.2, 0.25) is 0 Å². The molecule has 43 heavy (non-hydrogen) atoms. The summed E-state index contributed by atoms with van der Waals surface area (Å²) in [5, 5.41) is 7.32. The highest BCUT2D eigenvalue weighted by Crippen LogP contribution is 2.54. The Morgan fingerprint density at radius 3 is 2.40 bits per heavy atom. The van der Waals surface area contributed by atoms with Crippen LogP contribution >= 0.6 is 23.1 Å². The lowest BCUT2D eigenvalue weighted by Crippen LogP contribution is -2.32. The summed E-state index contributed by atoms with van der Waals surface area (Å²) < 4.78 is 42.4. The molecule has 3 amide bonds. The van der Waals surface area contributed by atoms with Gasteiger partial charge in [0, 0.05) is 22.0 Å². The van der Waals surface area contributed by atoms with Crippen LogP contribution in [0, 0.1) is 11.7 Å². The monoisotopic (exact) mass is 640 g/mol. The van der Waals surface area contributed by atoms with Gasteiger partial charge >= 0.3 is 4.87 Å². The number of halogens is 1. The number of aromatic nitrogens is 1. The smallest absolute Gasteiger partial charge is 0.305 e. The number of ether oxygens (including phenoxy) is 1. The third kappa shape index (κ3) is 5.47. The van der Waals surface area contributed by atoms with E-state index in [0.29, 0.717) is 21.2 Å². The number of primary sulfonamides is 1. The molecule has 4 N–H and O–H groups in total. The van der Waals surface area contributed by atoms with Gasteiger partial charge in [-0.1, -0.05) is 41.3 Å². The molecule has 220 valence electrons. The van der Waals surface area contributed by atoms with E-state index < -0.39 is 57.3 Å². The van der Waals surface area contributed by atoms with Crippen LogP contribution in [-0.2, 0) is 24.4 Å². The van der Waals surface area contributed by atoms with Gasteiger partial charge in [0.2, 0.25) is 21.8 Å². The van der Waals surface area contributed by atoms with E-state index in [9.17, 15) is 32.0 Å². The zero-order valence-electron chi connectivity index (χ0n) is 21.9. The molecule has 3 aromatic carbocycles. The first-order valence-corrected chi connectivity index (χ1v) is 15.9. The Kier molecular flexibility index (Phi) is 7.41. The van der Waals surface area contributed by atoms with Crippen LogP contribution < -0.4 is 25.0 Å². The number of anilines is 2. The standard InChI is InChI=1S/C28H21FN4O7S3/c29-14-5-9-16(10-6-14)33-26(35)22-21(23-25(32-28(37)42-23)41-24(22)27(33)36)18-3-1-2-4-19(18)40-13-20(34)31-15-7-11-17(12-8-15)43(30,38)39/h1-12,21-22,24H,13H2,(H,31,34)(H,32,37)(H2,30,38,39)/t21-,22-,24+/m0/s1. The number of carbonyl (C=O) groups is 3. The normalized spacial score (nSPS) is 19.6. The number of hydrogen-bond donors (Lipinski definition) is 3. The molecule has 15 heteroatoms. The Morgan fingerprint density at radius 2 is 1.70 bits per heavy atom. The number of amides is 3. The number of thiazole rings is 1. The van der Waals surface area contributed by atoms with E-state index in [0.717, 1.165) is 28.0 Å². The molecule has 6 rings (SSSR count). The van der Waals surface area contributed by atoms with E-state index in [1.165, 1.54) is 48.5 Å². The fraction of sp³-hybridized carbons (Fsp3) is 0.143. The van der Waals surface area contributed by atoms with Crippen LogP contribution in [0.5, 0.6) is 5.75 Å². The van der Waals surface area contributed by atoms with Crippen LogP contribution in [0.3, 0.4) is 0 Å². The number of fused-ring (bicyclic) bond motifs is 2. The molecular weight excluding hydrogens is 620 g/mol.